The third-order valence-corrected chi connectivity index (χ3v) is 7.17. The summed E-state index contributed by atoms with van der Waals surface area (Å²) < 4.78 is 8.18. The predicted molar refractivity (Wildman–Crippen MR) is 132 cm³/mol. The summed E-state index contributed by atoms with van der Waals surface area (Å²) >= 11 is 1.48. The zero-order chi connectivity index (χ0) is 23.8. The molecule has 0 spiro atoms. The van der Waals surface area contributed by atoms with Crippen LogP contribution in [0.25, 0.3) is 17.3 Å². The van der Waals surface area contributed by atoms with Crippen molar-refractivity contribution in [3.05, 3.63) is 57.5 Å². The van der Waals surface area contributed by atoms with Gasteiger partial charge in [0.05, 0.1) is 24.0 Å². The number of carbonyl (C=O) groups excluding carboxylic acids is 1. The van der Waals surface area contributed by atoms with Crippen molar-refractivity contribution in [2.24, 2.45) is 0 Å². The molecule has 1 saturated heterocycles. The Morgan fingerprint density at radius 1 is 1.21 bits per heavy atom. The number of imidazole rings is 1. The fourth-order valence-corrected chi connectivity index (χ4v) is 5.38. The molecule has 2 aliphatic heterocycles. The van der Waals surface area contributed by atoms with Crippen molar-refractivity contribution in [3.63, 3.8) is 0 Å². The summed E-state index contributed by atoms with van der Waals surface area (Å²) in [7, 11) is 0. The van der Waals surface area contributed by atoms with E-state index in [9.17, 15) is 4.79 Å². The zero-order valence-electron chi connectivity index (χ0n) is 20.1. The van der Waals surface area contributed by atoms with Gasteiger partial charge < -0.3 is 9.32 Å². The number of aromatic nitrogens is 4. The predicted octanol–water partition coefficient (Wildman–Crippen LogP) is 5.01. The quantitative estimate of drug-likeness (QED) is 0.444. The van der Waals surface area contributed by atoms with E-state index in [0.29, 0.717) is 24.0 Å². The number of carbonyl (C=O) groups is 1. The summed E-state index contributed by atoms with van der Waals surface area (Å²) in [5.74, 6) is 1.07. The Kier molecular flexibility index (Phi) is 6.22. The fourth-order valence-electron chi connectivity index (χ4n) is 4.54. The number of fused-ring (bicyclic) bond motifs is 5. The lowest BCUT2D eigenvalue weighted by Crippen LogP contribution is -2.29. The van der Waals surface area contributed by atoms with E-state index in [1.165, 1.54) is 22.5 Å². The number of hydrogen-bond donors (Lipinski definition) is 0. The van der Waals surface area contributed by atoms with Gasteiger partial charge in [0.15, 0.2) is 5.69 Å². The highest BCUT2D eigenvalue weighted by Crippen LogP contribution is 2.43. The van der Waals surface area contributed by atoms with E-state index in [2.05, 4.69) is 59.9 Å². The number of hydrogen-bond acceptors (Lipinski definition) is 7. The van der Waals surface area contributed by atoms with Crippen molar-refractivity contribution in [2.75, 3.05) is 19.6 Å². The minimum atomic E-state index is -0.0354. The SMILES string of the molecule is CC(C)=CCN(CC=C(C)C)Cc1nnc(-c2ncn3c2[C@@H]2CCCN2C(=O)c2sccc2-3)o1. The van der Waals surface area contributed by atoms with Crippen LogP contribution in [0.3, 0.4) is 0 Å². The molecule has 8 nitrogen and oxygen atoms in total. The first kappa shape index (κ1) is 22.7. The van der Waals surface area contributed by atoms with E-state index in [0.717, 1.165) is 48.7 Å². The van der Waals surface area contributed by atoms with Crippen LogP contribution in [-0.4, -0.2) is 55.1 Å². The van der Waals surface area contributed by atoms with E-state index in [1.807, 2.05) is 20.9 Å². The van der Waals surface area contributed by atoms with Crippen LogP contribution in [0.4, 0.5) is 0 Å². The third kappa shape index (κ3) is 4.25. The van der Waals surface area contributed by atoms with E-state index < -0.39 is 0 Å². The van der Waals surface area contributed by atoms with Gasteiger partial charge in [-0.1, -0.05) is 23.3 Å². The Balaban J connectivity index is 1.46. The van der Waals surface area contributed by atoms with Crippen molar-refractivity contribution in [1.82, 2.24) is 29.5 Å². The van der Waals surface area contributed by atoms with E-state index >= 15 is 0 Å². The van der Waals surface area contributed by atoms with Crippen LogP contribution in [0.1, 0.15) is 67.8 Å². The van der Waals surface area contributed by atoms with E-state index in [-0.39, 0.29) is 11.9 Å². The van der Waals surface area contributed by atoms with Gasteiger partial charge in [-0.15, -0.1) is 21.5 Å². The largest absolute Gasteiger partial charge is 0.418 e. The first-order chi connectivity index (χ1) is 16.4. The van der Waals surface area contributed by atoms with Crippen LogP contribution >= 0.6 is 11.3 Å². The molecule has 0 aliphatic carbocycles. The Morgan fingerprint density at radius 3 is 2.71 bits per heavy atom. The second kappa shape index (κ2) is 9.31. The van der Waals surface area contributed by atoms with Crippen molar-refractivity contribution >= 4 is 17.2 Å². The molecular weight excluding hydrogens is 448 g/mol. The van der Waals surface area contributed by atoms with E-state index in [1.54, 1.807) is 6.33 Å². The van der Waals surface area contributed by atoms with Gasteiger partial charge >= 0.3 is 0 Å². The number of nitrogens with zero attached hydrogens (tertiary/aromatic N) is 6. The molecule has 9 heteroatoms. The van der Waals surface area contributed by atoms with Crippen molar-refractivity contribution in [1.29, 1.82) is 0 Å². The average Bonchev–Trinajstić information content (AvgIpc) is 3.58. The number of amides is 1. The summed E-state index contributed by atoms with van der Waals surface area (Å²) in [6, 6.07) is 1.95. The molecule has 3 aromatic rings. The van der Waals surface area contributed by atoms with Crippen molar-refractivity contribution in [3.8, 4) is 17.3 Å². The Labute approximate surface area is 203 Å². The Morgan fingerprint density at radius 2 is 1.97 bits per heavy atom. The molecule has 0 N–H and O–H groups in total. The molecule has 5 heterocycles. The van der Waals surface area contributed by atoms with Gasteiger partial charge in [-0.05, 0) is 52.0 Å². The van der Waals surface area contributed by atoms with Crippen LogP contribution in [-0.2, 0) is 6.54 Å². The van der Waals surface area contributed by atoms with Gasteiger partial charge in [0, 0.05) is 19.6 Å². The maximum atomic E-state index is 13.2. The monoisotopic (exact) mass is 478 g/mol. The van der Waals surface area contributed by atoms with Gasteiger partial charge in [0.2, 0.25) is 5.89 Å². The molecule has 1 atom stereocenters. The molecule has 2 aliphatic rings. The van der Waals surface area contributed by atoms with E-state index in [4.69, 9.17) is 4.42 Å². The lowest BCUT2D eigenvalue weighted by atomic mass is 10.1. The molecule has 5 rings (SSSR count). The topological polar surface area (TPSA) is 80.3 Å². The highest BCUT2D eigenvalue weighted by atomic mass is 32.1. The first-order valence-corrected chi connectivity index (χ1v) is 12.6. The minimum Gasteiger partial charge on any atom is -0.418 e. The number of allylic oxidation sites excluding steroid dienone is 2. The second-order valence-electron chi connectivity index (χ2n) is 9.40. The molecular formula is C25H30N6O2S. The number of thiophene rings is 1. The van der Waals surface area contributed by atoms with Gasteiger partial charge in [-0.3, -0.25) is 14.3 Å². The minimum absolute atomic E-state index is 0.0354. The second-order valence-corrected chi connectivity index (χ2v) is 10.3. The Hall–Kier alpha value is -3.04. The van der Waals surface area contributed by atoms with Crippen molar-refractivity contribution in [2.45, 2.75) is 53.1 Å². The zero-order valence-corrected chi connectivity index (χ0v) is 20.9. The molecule has 178 valence electrons. The normalized spacial score (nSPS) is 16.8. The van der Waals surface area contributed by atoms with Gasteiger partial charge in [-0.25, -0.2) is 4.98 Å². The number of rotatable bonds is 7. The molecule has 1 fully saturated rings. The summed E-state index contributed by atoms with van der Waals surface area (Å²) in [5.41, 5.74) is 5.06. The van der Waals surface area contributed by atoms with Gasteiger partial charge in [0.25, 0.3) is 11.8 Å². The highest BCUT2D eigenvalue weighted by molar-refractivity contribution is 7.12. The van der Waals surface area contributed by atoms with Gasteiger partial charge in [0.1, 0.15) is 11.2 Å². The highest BCUT2D eigenvalue weighted by Gasteiger charge is 2.40. The fraction of sp³-hybridized carbons (Fsp3) is 0.440. The first-order valence-electron chi connectivity index (χ1n) is 11.7. The summed E-state index contributed by atoms with van der Waals surface area (Å²) in [6.07, 6.45) is 8.07. The lowest BCUT2D eigenvalue weighted by molar-refractivity contribution is 0.0743. The van der Waals surface area contributed by atoms with Gasteiger partial charge in [-0.2, -0.15) is 0 Å². The molecule has 34 heavy (non-hydrogen) atoms. The molecule has 0 saturated carbocycles. The Bertz CT molecular complexity index is 1240. The molecule has 0 radical (unpaired) electrons. The molecule has 0 bridgehead atoms. The van der Waals surface area contributed by atoms with Crippen LogP contribution in [0.15, 0.2) is 45.5 Å². The lowest BCUT2D eigenvalue weighted by Gasteiger charge is -2.22. The molecule has 1 amide bonds. The standard InChI is InChI=1S/C25H30N6O2S/c1-16(2)7-11-29(12-8-17(3)4)14-20-27-28-24(33-20)21-22-18-6-5-10-30(18)25(32)23-19(9-13-34-23)31(22)15-26-21/h7-9,13,15,18H,5-6,10-12,14H2,1-4H3/t18-/m0/s1. The third-order valence-electron chi connectivity index (χ3n) is 6.28. The maximum Gasteiger partial charge on any atom is 0.268 e. The van der Waals surface area contributed by atoms with Crippen LogP contribution in [0, 0.1) is 0 Å². The van der Waals surface area contributed by atoms with Crippen molar-refractivity contribution < 1.29 is 9.21 Å². The maximum absolute atomic E-state index is 13.2. The molecule has 0 unspecified atom stereocenters. The summed E-state index contributed by atoms with van der Waals surface area (Å²) in [5, 5.41) is 10.7. The van der Waals surface area contributed by atoms with Crippen LogP contribution in [0.2, 0.25) is 0 Å². The van der Waals surface area contributed by atoms with Crippen LogP contribution in [0.5, 0.6) is 0 Å². The van der Waals surface area contributed by atoms with Crippen LogP contribution < -0.4 is 0 Å². The summed E-state index contributed by atoms with van der Waals surface area (Å²) in [6.45, 7) is 11.3. The summed E-state index contributed by atoms with van der Waals surface area (Å²) in [4.78, 5) is 22.9. The smallest absolute Gasteiger partial charge is 0.268 e. The molecule has 0 aromatic carbocycles. The average molecular weight is 479 g/mol. The molecule has 3 aromatic heterocycles.